The van der Waals surface area contributed by atoms with Crippen LogP contribution in [0, 0.1) is 0 Å². The molecular formula is C18H16N4O2S. The van der Waals surface area contributed by atoms with Crippen molar-refractivity contribution in [2.24, 2.45) is 10.1 Å². The van der Waals surface area contributed by atoms with Crippen molar-refractivity contribution in [3.05, 3.63) is 58.5 Å². The molecule has 1 aliphatic rings. The van der Waals surface area contributed by atoms with Crippen LogP contribution in [0.4, 0.5) is 0 Å². The molecule has 0 atom stereocenters. The minimum Gasteiger partial charge on any atom is -0.486 e. The number of rotatable bonds is 3. The maximum absolute atomic E-state index is 5.69. The topological polar surface area (TPSA) is 61.0 Å². The molecule has 0 fully saturated rings. The van der Waals surface area contributed by atoms with Crippen LogP contribution in [0.3, 0.4) is 0 Å². The molecule has 0 spiro atoms. The second-order valence-corrected chi connectivity index (χ2v) is 6.16. The third-order valence-corrected chi connectivity index (χ3v) is 4.63. The molecule has 7 heteroatoms. The van der Waals surface area contributed by atoms with Crippen molar-refractivity contribution in [3.8, 4) is 22.8 Å². The molecule has 1 aliphatic heterocycles. The number of thiazole rings is 1. The van der Waals surface area contributed by atoms with Crippen molar-refractivity contribution in [1.82, 2.24) is 9.66 Å². The van der Waals surface area contributed by atoms with Gasteiger partial charge in [0.05, 0.1) is 11.9 Å². The molecule has 4 rings (SSSR count). The first-order chi connectivity index (χ1) is 12.3. The van der Waals surface area contributed by atoms with Crippen LogP contribution in [0.5, 0.6) is 11.5 Å². The van der Waals surface area contributed by atoms with E-state index < -0.39 is 0 Å². The smallest absolute Gasteiger partial charge is 0.205 e. The molecule has 0 aliphatic carbocycles. The number of ether oxygens (including phenoxy) is 2. The zero-order chi connectivity index (χ0) is 17.1. The third-order valence-electron chi connectivity index (χ3n) is 3.72. The van der Waals surface area contributed by atoms with Crippen LogP contribution < -0.4 is 14.3 Å². The molecular weight excluding hydrogens is 336 g/mol. The summed E-state index contributed by atoms with van der Waals surface area (Å²) < 4.78 is 13.1. The van der Waals surface area contributed by atoms with Crippen molar-refractivity contribution >= 4 is 17.6 Å². The Morgan fingerprint density at radius 3 is 2.88 bits per heavy atom. The van der Waals surface area contributed by atoms with Crippen LogP contribution in [-0.4, -0.2) is 36.1 Å². The van der Waals surface area contributed by atoms with E-state index in [1.807, 2.05) is 40.4 Å². The monoisotopic (exact) mass is 352 g/mol. The fraction of sp³-hybridized carbons (Fsp3) is 0.167. The molecule has 0 radical (unpaired) electrons. The first kappa shape index (κ1) is 15.6. The molecule has 0 saturated carbocycles. The number of aromatic nitrogens is 2. The molecule has 1 aromatic carbocycles. The lowest BCUT2D eigenvalue weighted by Crippen LogP contribution is -2.15. The lowest BCUT2D eigenvalue weighted by atomic mass is 10.1. The Morgan fingerprint density at radius 2 is 2.08 bits per heavy atom. The Bertz CT molecular complexity index is 976. The Morgan fingerprint density at radius 1 is 1.20 bits per heavy atom. The predicted molar refractivity (Wildman–Crippen MR) is 97.5 cm³/mol. The van der Waals surface area contributed by atoms with E-state index in [9.17, 15) is 0 Å². The Balaban J connectivity index is 1.76. The average Bonchev–Trinajstić information content (AvgIpc) is 3.09. The molecule has 0 bridgehead atoms. The zero-order valence-corrected chi connectivity index (χ0v) is 14.4. The van der Waals surface area contributed by atoms with Gasteiger partial charge in [-0.25, -0.2) is 4.68 Å². The van der Waals surface area contributed by atoms with Crippen molar-refractivity contribution < 1.29 is 9.47 Å². The SMILES string of the molecule is CN=c1scc(-c2ccc3c(c2)OCCO3)n1/N=C/c1cccnc1. The highest BCUT2D eigenvalue weighted by molar-refractivity contribution is 7.07. The Labute approximate surface area is 148 Å². The molecule has 0 unspecified atom stereocenters. The first-order valence-corrected chi connectivity index (χ1v) is 8.71. The van der Waals surface area contributed by atoms with Gasteiger partial charge in [-0.2, -0.15) is 5.10 Å². The lowest BCUT2D eigenvalue weighted by Gasteiger charge is -2.18. The normalized spacial score (nSPS) is 14.2. The highest BCUT2D eigenvalue weighted by atomic mass is 32.1. The minimum absolute atomic E-state index is 0.564. The summed E-state index contributed by atoms with van der Waals surface area (Å²) in [5.41, 5.74) is 2.87. The number of pyridine rings is 1. The van der Waals surface area contributed by atoms with Gasteiger partial charge in [0.25, 0.3) is 0 Å². The fourth-order valence-corrected chi connectivity index (χ4v) is 3.34. The van der Waals surface area contributed by atoms with Gasteiger partial charge in [-0.1, -0.05) is 6.07 Å². The van der Waals surface area contributed by atoms with Crippen molar-refractivity contribution in [3.63, 3.8) is 0 Å². The minimum atomic E-state index is 0.564. The quantitative estimate of drug-likeness (QED) is 0.681. The number of hydrogen-bond acceptors (Lipinski definition) is 6. The molecule has 0 N–H and O–H groups in total. The molecule has 3 heterocycles. The van der Waals surface area contributed by atoms with E-state index in [1.54, 1.807) is 25.7 Å². The number of nitrogens with zero attached hydrogens (tertiary/aromatic N) is 4. The highest BCUT2D eigenvalue weighted by Gasteiger charge is 2.14. The van der Waals surface area contributed by atoms with Crippen LogP contribution in [0.2, 0.25) is 0 Å². The molecule has 6 nitrogen and oxygen atoms in total. The van der Waals surface area contributed by atoms with Gasteiger partial charge in [-0.15, -0.1) is 11.3 Å². The maximum Gasteiger partial charge on any atom is 0.205 e. The predicted octanol–water partition coefficient (Wildman–Crippen LogP) is 2.80. The summed E-state index contributed by atoms with van der Waals surface area (Å²) in [7, 11) is 1.76. The number of fused-ring (bicyclic) bond motifs is 1. The fourth-order valence-electron chi connectivity index (χ4n) is 2.54. The van der Waals surface area contributed by atoms with Gasteiger partial charge >= 0.3 is 0 Å². The largest absolute Gasteiger partial charge is 0.486 e. The maximum atomic E-state index is 5.69. The van der Waals surface area contributed by atoms with Gasteiger partial charge < -0.3 is 9.47 Å². The first-order valence-electron chi connectivity index (χ1n) is 7.83. The van der Waals surface area contributed by atoms with Crippen LogP contribution >= 0.6 is 11.3 Å². The van der Waals surface area contributed by atoms with Gasteiger partial charge in [0.2, 0.25) is 4.80 Å². The summed E-state index contributed by atoms with van der Waals surface area (Å²) >= 11 is 1.54. The Hall–Kier alpha value is -2.93. The van der Waals surface area contributed by atoms with Crippen LogP contribution in [0.15, 0.2) is 58.2 Å². The Kier molecular flexibility index (Phi) is 4.30. The van der Waals surface area contributed by atoms with E-state index in [0.29, 0.717) is 13.2 Å². The van der Waals surface area contributed by atoms with Gasteiger partial charge in [0.1, 0.15) is 13.2 Å². The number of hydrogen-bond donors (Lipinski definition) is 0. The van der Waals surface area contributed by atoms with Gasteiger partial charge in [-0.3, -0.25) is 9.98 Å². The zero-order valence-electron chi connectivity index (χ0n) is 13.6. The van der Waals surface area contributed by atoms with Gasteiger partial charge in [0, 0.05) is 35.9 Å². The lowest BCUT2D eigenvalue weighted by molar-refractivity contribution is 0.171. The molecule has 126 valence electrons. The highest BCUT2D eigenvalue weighted by Crippen LogP contribution is 2.34. The van der Waals surface area contributed by atoms with Crippen LogP contribution in [-0.2, 0) is 0 Å². The third kappa shape index (κ3) is 3.18. The van der Waals surface area contributed by atoms with E-state index in [2.05, 4.69) is 15.1 Å². The second-order valence-electron chi connectivity index (χ2n) is 5.33. The molecule has 2 aromatic heterocycles. The van der Waals surface area contributed by atoms with Crippen molar-refractivity contribution in [2.45, 2.75) is 0 Å². The van der Waals surface area contributed by atoms with Gasteiger partial charge in [0.15, 0.2) is 11.5 Å². The number of benzene rings is 1. The molecule has 0 amide bonds. The van der Waals surface area contributed by atoms with E-state index >= 15 is 0 Å². The van der Waals surface area contributed by atoms with Crippen LogP contribution in [0.1, 0.15) is 5.56 Å². The summed E-state index contributed by atoms with van der Waals surface area (Å²) in [4.78, 5) is 9.23. The van der Waals surface area contributed by atoms with E-state index in [4.69, 9.17) is 9.47 Å². The van der Waals surface area contributed by atoms with Gasteiger partial charge in [-0.05, 0) is 24.3 Å². The van der Waals surface area contributed by atoms with E-state index in [0.717, 1.165) is 33.1 Å². The summed E-state index contributed by atoms with van der Waals surface area (Å²) in [5.74, 6) is 1.53. The van der Waals surface area contributed by atoms with Crippen molar-refractivity contribution in [1.29, 1.82) is 0 Å². The van der Waals surface area contributed by atoms with Crippen molar-refractivity contribution in [2.75, 3.05) is 20.3 Å². The standard InChI is InChI=1S/C18H16N4O2S/c1-19-18-22(21-11-13-3-2-6-20-10-13)15(12-25-18)14-4-5-16-17(9-14)24-8-7-23-16/h2-6,9-12H,7-8H2,1H3/b19-18?,21-11+. The average molecular weight is 352 g/mol. The summed E-state index contributed by atoms with van der Waals surface area (Å²) in [6.07, 6.45) is 5.28. The molecule has 3 aromatic rings. The van der Waals surface area contributed by atoms with E-state index in [-0.39, 0.29) is 0 Å². The summed E-state index contributed by atoms with van der Waals surface area (Å²) in [5, 5.41) is 6.63. The van der Waals surface area contributed by atoms with E-state index in [1.165, 1.54) is 11.3 Å². The van der Waals surface area contributed by atoms with Crippen LogP contribution in [0.25, 0.3) is 11.3 Å². The summed E-state index contributed by atoms with van der Waals surface area (Å²) in [6, 6.07) is 9.75. The summed E-state index contributed by atoms with van der Waals surface area (Å²) in [6.45, 7) is 1.15. The second kappa shape index (κ2) is 6.90. The molecule has 0 saturated heterocycles. The molecule has 25 heavy (non-hydrogen) atoms.